The van der Waals surface area contributed by atoms with Crippen molar-refractivity contribution in [2.45, 2.75) is 19.0 Å². The Hall–Kier alpha value is -3.42. The smallest absolute Gasteiger partial charge is 0.267 e. The monoisotopic (exact) mass is 379 g/mol. The molecule has 0 N–H and O–H groups in total. The van der Waals surface area contributed by atoms with Gasteiger partial charge in [0, 0.05) is 37.1 Å². The Kier molecular flexibility index (Phi) is 4.68. The van der Waals surface area contributed by atoms with Gasteiger partial charge in [0.2, 0.25) is 5.91 Å². The third-order valence-corrected chi connectivity index (χ3v) is 5.01. The van der Waals surface area contributed by atoms with Gasteiger partial charge in [-0.05, 0) is 31.2 Å². The number of hydrogen-bond acceptors (Lipinski definition) is 5. The number of likely N-dealkylation sites (tertiary alicyclic amines) is 1. The number of para-hydroxylation sites is 1. The Morgan fingerprint density at radius 2 is 1.96 bits per heavy atom. The van der Waals surface area contributed by atoms with Crippen LogP contribution < -0.4 is 10.3 Å². The number of aromatic nitrogens is 4. The molecule has 0 saturated carbocycles. The second kappa shape index (κ2) is 7.30. The van der Waals surface area contributed by atoms with Crippen molar-refractivity contribution < 1.29 is 9.53 Å². The summed E-state index contributed by atoms with van der Waals surface area (Å²) in [4.78, 5) is 26.7. The first-order valence-electron chi connectivity index (χ1n) is 9.09. The van der Waals surface area contributed by atoms with Crippen LogP contribution >= 0.6 is 0 Å². The van der Waals surface area contributed by atoms with Gasteiger partial charge in [-0.15, -0.1) is 0 Å². The fourth-order valence-corrected chi connectivity index (χ4v) is 3.36. The molecule has 0 bridgehead atoms. The van der Waals surface area contributed by atoms with Gasteiger partial charge in [0.25, 0.3) is 5.56 Å². The highest BCUT2D eigenvalue weighted by molar-refractivity contribution is 5.80. The highest BCUT2D eigenvalue weighted by atomic mass is 16.5. The molecule has 2 aromatic heterocycles. The van der Waals surface area contributed by atoms with E-state index in [-0.39, 0.29) is 23.6 Å². The number of hydrogen-bond donors (Lipinski definition) is 0. The number of ether oxygens (including phenoxy) is 1. The van der Waals surface area contributed by atoms with Crippen LogP contribution in [-0.2, 0) is 4.79 Å². The molecule has 0 aliphatic carbocycles. The highest BCUT2D eigenvalue weighted by Gasteiger charge is 2.36. The lowest BCUT2D eigenvalue weighted by atomic mass is 10.1. The van der Waals surface area contributed by atoms with Crippen LogP contribution in [0.2, 0.25) is 0 Å². The Bertz CT molecular complexity index is 1040. The summed E-state index contributed by atoms with van der Waals surface area (Å²) in [6.07, 6.45) is 3.41. The number of methoxy groups -OCH3 is 1. The van der Waals surface area contributed by atoms with Crippen LogP contribution in [0.3, 0.4) is 0 Å². The average molecular weight is 379 g/mol. The second-order valence-corrected chi connectivity index (χ2v) is 6.76. The van der Waals surface area contributed by atoms with Crippen LogP contribution in [0.5, 0.6) is 5.75 Å². The Labute approximate surface area is 162 Å². The molecule has 1 fully saturated rings. The lowest BCUT2D eigenvalue weighted by molar-refractivity contribution is -0.140. The van der Waals surface area contributed by atoms with Crippen LogP contribution in [0.15, 0.2) is 59.7 Å². The molecule has 1 atom stereocenters. The van der Waals surface area contributed by atoms with Crippen LogP contribution in [-0.4, -0.2) is 50.6 Å². The average Bonchev–Trinajstić information content (AvgIpc) is 3.22. The first kappa shape index (κ1) is 18.0. The molecule has 144 valence electrons. The number of carbonyl (C=O) groups is 1. The molecular formula is C20H21N5O3. The minimum atomic E-state index is -0.374. The van der Waals surface area contributed by atoms with Crippen molar-refractivity contribution >= 4 is 5.91 Å². The standard InChI is InChI=1S/C20H21N5O3/c1-14(24-11-5-10-21-24)20(27)23-12-15(13-23)25-19(26)9-8-17(22-25)16-6-3-4-7-18(16)28-2/h3-11,14-15H,12-13H2,1-2H3. The van der Waals surface area contributed by atoms with Crippen molar-refractivity contribution in [3.05, 3.63) is 65.2 Å². The molecule has 1 aliphatic rings. The fraction of sp³-hybridized carbons (Fsp3) is 0.300. The molecule has 1 amide bonds. The van der Waals surface area contributed by atoms with Crippen molar-refractivity contribution in [3.8, 4) is 17.0 Å². The first-order valence-corrected chi connectivity index (χ1v) is 9.09. The van der Waals surface area contributed by atoms with Crippen molar-refractivity contribution in [2.24, 2.45) is 0 Å². The zero-order chi connectivity index (χ0) is 19.7. The molecule has 1 aromatic carbocycles. The van der Waals surface area contributed by atoms with Gasteiger partial charge in [0.15, 0.2) is 0 Å². The Morgan fingerprint density at radius 1 is 1.18 bits per heavy atom. The summed E-state index contributed by atoms with van der Waals surface area (Å²) >= 11 is 0. The van der Waals surface area contributed by atoms with E-state index in [1.54, 1.807) is 41.2 Å². The molecule has 3 heterocycles. The third kappa shape index (κ3) is 3.17. The summed E-state index contributed by atoms with van der Waals surface area (Å²) in [5.41, 5.74) is 1.29. The molecule has 0 radical (unpaired) electrons. The summed E-state index contributed by atoms with van der Waals surface area (Å²) in [7, 11) is 1.60. The summed E-state index contributed by atoms with van der Waals surface area (Å²) < 4.78 is 8.48. The summed E-state index contributed by atoms with van der Waals surface area (Å²) in [6, 6.07) is 12.0. The largest absolute Gasteiger partial charge is 0.496 e. The van der Waals surface area contributed by atoms with Crippen LogP contribution in [0, 0.1) is 0 Å². The summed E-state index contributed by atoms with van der Waals surface area (Å²) in [5, 5.41) is 8.65. The van der Waals surface area contributed by atoms with Gasteiger partial charge in [-0.25, -0.2) is 4.68 Å². The lowest BCUT2D eigenvalue weighted by Gasteiger charge is -2.40. The maximum atomic E-state index is 12.6. The third-order valence-electron chi connectivity index (χ3n) is 5.01. The van der Waals surface area contributed by atoms with Gasteiger partial charge in [-0.1, -0.05) is 12.1 Å². The SMILES string of the molecule is COc1ccccc1-c1ccc(=O)n(C2CN(C(=O)C(C)n3cccn3)C2)n1. The minimum Gasteiger partial charge on any atom is -0.496 e. The maximum Gasteiger partial charge on any atom is 0.267 e. The normalized spacial score (nSPS) is 15.1. The Balaban J connectivity index is 1.52. The zero-order valence-corrected chi connectivity index (χ0v) is 15.7. The fourth-order valence-electron chi connectivity index (χ4n) is 3.36. The molecule has 1 aliphatic heterocycles. The van der Waals surface area contributed by atoms with E-state index in [0.29, 0.717) is 24.5 Å². The van der Waals surface area contributed by atoms with Gasteiger partial charge in [0.1, 0.15) is 11.8 Å². The first-order chi connectivity index (χ1) is 13.6. The molecule has 8 heteroatoms. The van der Waals surface area contributed by atoms with Crippen LogP contribution in [0.25, 0.3) is 11.3 Å². The highest BCUT2D eigenvalue weighted by Crippen LogP contribution is 2.28. The van der Waals surface area contributed by atoms with Gasteiger partial charge in [0.05, 0.1) is 18.8 Å². The molecule has 8 nitrogen and oxygen atoms in total. The molecule has 4 rings (SSSR count). The molecule has 3 aromatic rings. The van der Waals surface area contributed by atoms with Crippen LogP contribution in [0.4, 0.5) is 0 Å². The van der Waals surface area contributed by atoms with Gasteiger partial charge in [-0.2, -0.15) is 10.2 Å². The molecule has 1 unspecified atom stereocenters. The molecule has 28 heavy (non-hydrogen) atoms. The van der Waals surface area contributed by atoms with E-state index in [0.717, 1.165) is 5.56 Å². The van der Waals surface area contributed by atoms with E-state index in [1.165, 1.54) is 10.7 Å². The van der Waals surface area contributed by atoms with Crippen molar-refractivity contribution in [1.29, 1.82) is 0 Å². The number of amides is 1. The Morgan fingerprint density at radius 3 is 2.68 bits per heavy atom. The van der Waals surface area contributed by atoms with E-state index in [1.807, 2.05) is 31.2 Å². The second-order valence-electron chi connectivity index (χ2n) is 6.76. The number of benzene rings is 1. The predicted molar refractivity (Wildman–Crippen MR) is 103 cm³/mol. The minimum absolute atomic E-state index is 0.0196. The van der Waals surface area contributed by atoms with E-state index in [9.17, 15) is 9.59 Å². The molecule has 0 spiro atoms. The van der Waals surface area contributed by atoms with Crippen LogP contribution in [0.1, 0.15) is 19.0 Å². The van der Waals surface area contributed by atoms with E-state index >= 15 is 0 Å². The summed E-state index contributed by atoms with van der Waals surface area (Å²) in [5.74, 6) is 0.674. The topological polar surface area (TPSA) is 82.2 Å². The van der Waals surface area contributed by atoms with Crippen molar-refractivity contribution in [1.82, 2.24) is 24.5 Å². The van der Waals surface area contributed by atoms with E-state index in [2.05, 4.69) is 10.2 Å². The predicted octanol–water partition coefficient (Wildman–Crippen LogP) is 1.76. The van der Waals surface area contributed by atoms with Gasteiger partial charge < -0.3 is 9.64 Å². The quantitative estimate of drug-likeness (QED) is 0.675. The molecular weight excluding hydrogens is 358 g/mol. The van der Waals surface area contributed by atoms with E-state index < -0.39 is 0 Å². The van der Waals surface area contributed by atoms with Crippen molar-refractivity contribution in [2.75, 3.05) is 20.2 Å². The van der Waals surface area contributed by atoms with Crippen molar-refractivity contribution in [3.63, 3.8) is 0 Å². The van der Waals surface area contributed by atoms with Gasteiger partial charge >= 0.3 is 0 Å². The summed E-state index contributed by atoms with van der Waals surface area (Å²) in [6.45, 7) is 2.72. The number of rotatable bonds is 5. The van der Waals surface area contributed by atoms with Gasteiger partial charge in [-0.3, -0.25) is 14.3 Å². The maximum absolute atomic E-state index is 12.6. The lowest BCUT2D eigenvalue weighted by Crippen LogP contribution is -2.54. The molecule has 1 saturated heterocycles. The number of carbonyl (C=O) groups excluding carboxylic acids is 1. The zero-order valence-electron chi connectivity index (χ0n) is 15.7. The van der Waals surface area contributed by atoms with E-state index in [4.69, 9.17) is 4.74 Å². The number of nitrogens with zero attached hydrogens (tertiary/aromatic N) is 5.